The van der Waals surface area contributed by atoms with Gasteiger partial charge in [-0.2, -0.15) is 0 Å². The largest absolute Gasteiger partial charge is 0.431 e. The number of hydrogen-bond donors (Lipinski definition) is 3. The summed E-state index contributed by atoms with van der Waals surface area (Å²) in [5.74, 6) is 0. The molecule has 4 atom stereocenters. The Morgan fingerprint density at radius 1 is 1.43 bits per heavy atom. The lowest BCUT2D eigenvalue weighted by molar-refractivity contribution is -0.175. The summed E-state index contributed by atoms with van der Waals surface area (Å²) in [6, 6.07) is 0. The van der Waals surface area contributed by atoms with Crippen LogP contribution >= 0.6 is 0 Å². The van der Waals surface area contributed by atoms with E-state index in [-0.39, 0.29) is 6.61 Å². The lowest BCUT2D eigenvalue weighted by atomic mass is 10.0. The van der Waals surface area contributed by atoms with E-state index in [0.717, 1.165) is 6.61 Å². The Hall–Kier alpha value is -1.05. The summed E-state index contributed by atoms with van der Waals surface area (Å²) >= 11 is 0. The summed E-state index contributed by atoms with van der Waals surface area (Å²) in [5, 5.41) is 30.3. The zero-order valence-corrected chi connectivity index (χ0v) is 7.09. The third kappa shape index (κ3) is 2.47. The molecule has 14 heavy (non-hydrogen) atoms. The summed E-state index contributed by atoms with van der Waals surface area (Å²) in [5.41, 5.74) is 7.89. The molecule has 1 fully saturated rings. The third-order valence-electron chi connectivity index (χ3n) is 1.81. The Morgan fingerprint density at radius 3 is 2.79 bits per heavy atom. The number of ether oxygens (including phenoxy) is 1. The topological polar surface area (TPSA) is 128 Å². The van der Waals surface area contributed by atoms with Crippen LogP contribution < -0.4 is 0 Å². The Kier molecular flexibility index (Phi) is 3.93. The second kappa shape index (κ2) is 4.99. The molecule has 0 aromatic heterocycles. The van der Waals surface area contributed by atoms with Crippen LogP contribution in [0.15, 0.2) is 5.28 Å². The van der Waals surface area contributed by atoms with Crippen molar-refractivity contribution in [2.24, 2.45) is 5.28 Å². The maximum Gasteiger partial charge on any atom is 0.126 e. The molecule has 8 nitrogen and oxygen atoms in total. The van der Waals surface area contributed by atoms with Crippen LogP contribution in [-0.4, -0.2) is 46.3 Å². The third-order valence-corrected chi connectivity index (χ3v) is 1.81. The summed E-state index contributed by atoms with van der Waals surface area (Å²) in [6.45, 7) is 0.785. The van der Waals surface area contributed by atoms with Crippen LogP contribution in [0.25, 0.3) is 10.4 Å². The van der Waals surface area contributed by atoms with Crippen molar-refractivity contribution in [1.29, 1.82) is 0 Å². The summed E-state index contributed by atoms with van der Waals surface area (Å²) < 4.78 is 4.83. The first-order valence-corrected chi connectivity index (χ1v) is 3.86. The first kappa shape index (κ1) is 11.0. The molecule has 1 aliphatic rings. The van der Waals surface area contributed by atoms with Crippen molar-refractivity contribution in [2.45, 2.75) is 24.4 Å². The number of nitrogens with zero attached hydrogens (tertiary/aromatic N) is 3. The summed E-state index contributed by atoms with van der Waals surface area (Å²) in [4.78, 5) is 6.71. The molecule has 0 spiro atoms. The van der Waals surface area contributed by atoms with Crippen LogP contribution in [0.1, 0.15) is 0 Å². The van der Waals surface area contributed by atoms with Gasteiger partial charge in [-0.15, -0.1) is 0 Å². The molecule has 0 amide bonds. The molecule has 0 unspecified atom stereocenters. The van der Waals surface area contributed by atoms with E-state index < -0.39 is 24.4 Å². The Morgan fingerprint density at radius 2 is 2.14 bits per heavy atom. The number of hydrogen-bond acceptors (Lipinski definition) is 6. The van der Waals surface area contributed by atoms with E-state index in [9.17, 15) is 10.2 Å². The Bertz CT molecular complexity index is 232. The maximum atomic E-state index is 9.34. The molecule has 0 aliphatic carbocycles. The molecule has 0 bridgehead atoms. The molecule has 0 saturated carbocycles. The predicted octanol–water partition coefficient (Wildman–Crippen LogP) is -1.13. The zero-order chi connectivity index (χ0) is 10.6. The van der Waals surface area contributed by atoms with Crippen LogP contribution in [0, 0.1) is 6.61 Å². The number of rotatable bonds is 3. The van der Waals surface area contributed by atoms with Crippen LogP contribution in [0.3, 0.4) is 0 Å². The van der Waals surface area contributed by atoms with Crippen molar-refractivity contribution in [1.82, 2.24) is 0 Å². The average molecular weight is 204 g/mol. The molecule has 3 N–H and O–H groups in total. The van der Waals surface area contributed by atoms with E-state index in [0.29, 0.717) is 0 Å². The van der Waals surface area contributed by atoms with E-state index in [1.807, 2.05) is 0 Å². The highest BCUT2D eigenvalue weighted by atomic mass is 16.7. The molecular weight excluding hydrogens is 194 g/mol. The quantitative estimate of drug-likeness (QED) is 0.232. The number of aliphatic hydroxyl groups excluding tert-OH is 3. The second-order valence-electron chi connectivity index (χ2n) is 2.75. The van der Waals surface area contributed by atoms with Gasteiger partial charge in [0.25, 0.3) is 0 Å². The smallest absolute Gasteiger partial charge is 0.126 e. The van der Waals surface area contributed by atoms with E-state index >= 15 is 0 Å². The number of aliphatic hydroxyl groups is 3. The van der Waals surface area contributed by atoms with Gasteiger partial charge >= 0.3 is 0 Å². The van der Waals surface area contributed by atoms with Gasteiger partial charge in [-0.1, -0.05) is 0 Å². The summed E-state index contributed by atoms with van der Waals surface area (Å²) in [6.07, 6.45) is -4.72. The highest BCUT2D eigenvalue weighted by Crippen LogP contribution is 2.18. The van der Waals surface area contributed by atoms with Crippen LogP contribution in [0.2, 0.25) is 0 Å². The molecule has 8 heteroatoms. The van der Waals surface area contributed by atoms with Crippen LogP contribution in [0.5, 0.6) is 0 Å². The summed E-state index contributed by atoms with van der Waals surface area (Å²) in [7, 11) is 0. The Balaban J connectivity index is 2.42. The van der Waals surface area contributed by atoms with Crippen molar-refractivity contribution in [2.75, 3.05) is 6.61 Å². The van der Waals surface area contributed by atoms with Gasteiger partial charge in [0.05, 0.1) is 0 Å². The van der Waals surface area contributed by atoms with Gasteiger partial charge in [-0.25, -0.2) is 0 Å². The van der Waals surface area contributed by atoms with E-state index in [2.05, 4.69) is 15.0 Å². The predicted molar refractivity (Wildman–Crippen MR) is 42.3 cm³/mol. The van der Waals surface area contributed by atoms with Gasteiger partial charge in [0.2, 0.25) is 0 Å². The van der Waals surface area contributed by atoms with Gasteiger partial charge in [0.15, 0.2) is 0 Å². The van der Waals surface area contributed by atoms with Gasteiger partial charge in [0, 0.05) is 4.91 Å². The highest BCUT2D eigenvalue weighted by molar-refractivity contribution is 4.91. The zero-order valence-electron chi connectivity index (χ0n) is 7.09. The van der Waals surface area contributed by atoms with E-state index in [1.165, 1.54) is 0 Å². The van der Waals surface area contributed by atoms with Crippen molar-refractivity contribution in [3.05, 3.63) is 17.0 Å². The average Bonchev–Trinajstić information content (AvgIpc) is 2.18. The van der Waals surface area contributed by atoms with Crippen molar-refractivity contribution >= 4 is 0 Å². The fraction of sp³-hybridized carbons (Fsp3) is 0.833. The van der Waals surface area contributed by atoms with Crippen molar-refractivity contribution in [3.8, 4) is 0 Å². The van der Waals surface area contributed by atoms with Gasteiger partial charge < -0.3 is 24.9 Å². The molecule has 1 heterocycles. The lowest BCUT2D eigenvalue weighted by Gasteiger charge is -2.33. The minimum atomic E-state index is -1.33. The standard InChI is InChI=1S/C6H10N3O5/c7-8-9-14-2-4-6(12)5(11)3(10)1-13-4/h1,3-6,10-12H,2H2/t3-,4+,5+,6+/m0/s1. The van der Waals surface area contributed by atoms with Crippen LogP contribution in [-0.2, 0) is 9.57 Å². The number of azide groups is 1. The van der Waals surface area contributed by atoms with Gasteiger partial charge in [-0.05, 0) is 5.53 Å². The van der Waals surface area contributed by atoms with Crippen molar-refractivity contribution in [3.63, 3.8) is 0 Å². The first-order chi connectivity index (χ1) is 6.66. The van der Waals surface area contributed by atoms with Crippen molar-refractivity contribution < 1.29 is 24.9 Å². The minimum absolute atomic E-state index is 0.203. The molecule has 1 rings (SSSR count). The van der Waals surface area contributed by atoms with Crippen LogP contribution in [0.4, 0.5) is 0 Å². The fourth-order valence-corrected chi connectivity index (χ4v) is 1.03. The molecule has 0 aromatic carbocycles. The molecular formula is C6H10N3O5. The van der Waals surface area contributed by atoms with E-state index in [1.54, 1.807) is 0 Å². The normalized spacial score (nSPS) is 37.4. The molecule has 1 radical (unpaired) electrons. The first-order valence-electron chi connectivity index (χ1n) is 3.86. The maximum absolute atomic E-state index is 9.34. The molecule has 1 aliphatic heterocycles. The van der Waals surface area contributed by atoms with Gasteiger partial charge in [-0.3, -0.25) is 0 Å². The fourth-order valence-electron chi connectivity index (χ4n) is 1.03. The monoisotopic (exact) mass is 204 g/mol. The minimum Gasteiger partial charge on any atom is -0.431 e. The van der Waals surface area contributed by atoms with Gasteiger partial charge in [0.1, 0.15) is 42.9 Å². The molecule has 79 valence electrons. The Labute approximate surface area is 79.3 Å². The van der Waals surface area contributed by atoms with E-state index in [4.69, 9.17) is 15.4 Å². The highest BCUT2D eigenvalue weighted by Gasteiger charge is 2.38. The second-order valence-corrected chi connectivity index (χ2v) is 2.75. The molecule has 1 saturated heterocycles. The lowest BCUT2D eigenvalue weighted by Crippen LogP contribution is -2.52. The SMILES string of the molecule is [N-]=[N+]=NOC[C@H]1O[CH][C@H](O)[C@@H](O)[C@@H]1O. The molecule has 0 aromatic rings.